The third-order valence-corrected chi connectivity index (χ3v) is 3.68. The van der Waals surface area contributed by atoms with Gasteiger partial charge >= 0.3 is 6.03 Å². The van der Waals surface area contributed by atoms with Crippen molar-refractivity contribution >= 4 is 6.03 Å². The lowest BCUT2D eigenvalue weighted by Crippen LogP contribution is -2.37. The number of hydrogen-bond acceptors (Lipinski definition) is 3. The van der Waals surface area contributed by atoms with Crippen molar-refractivity contribution < 1.29 is 4.79 Å². The molecule has 0 bridgehead atoms. The van der Waals surface area contributed by atoms with Gasteiger partial charge in [-0.15, -0.1) is 0 Å². The van der Waals surface area contributed by atoms with Crippen molar-refractivity contribution in [1.82, 2.24) is 25.1 Å². The number of urea groups is 1. The van der Waals surface area contributed by atoms with Crippen LogP contribution in [0, 0.1) is 0 Å². The van der Waals surface area contributed by atoms with E-state index >= 15 is 0 Å². The molecule has 2 rings (SSSR count). The second-order valence-corrected chi connectivity index (χ2v) is 6.78. The summed E-state index contributed by atoms with van der Waals surface area (Å²) in [5, 5.41) is 6.30. The summed E-state index contributed by atoms with van der Waals surface area (Å²) in [5.74, 6) is 1.11. The predicted octanol–water partition coefficient (Wildman–Crippen LogP) is 1.10. The topological polar surface area (TPSA) is 62.2 Å². The number of carbonyl (C=O) groups excluding carboxylic acids is 1. The summed E-state index contributed by atoms with van der Waals surface area (Å²) >= 11 is 0. The molecule has 6 heteroatoms. The van der Waals surface area contributed by atoms with Crippen LogP contribution < -0.4 is 10.6 Å². The van der Waals surface area contributed by atoms with E-state index in [2.05, 4.69) is 36.0 Å². The third-order valence-electron chi connectivity index (χ3n) is 3.68. The van der Waals surface area contributed by atoms with Gasteiger partial charge in [-0.3, -0.25) is 0 Å². The van der Waals surface area contributed by atoms with E-state index in [0.717, 1.165) is 37.6 Å². The van der Waals surface area contributed by atoms with Gasteiger partial charge in [0.2, 0.25) is 0 Å². The normalized spacial score (nSPS) is 14.7. The molecular formula is C15H27N5O. The number of nitrogens with zero attached hydrogens (tertiary/aromatic N) is 3. The molecule has 0 saturated heterocycles. The van der Waals surface area contributed by atoms with E-state index in [-0.39, 0.29) is 11.4 Å². The van der Waals surface area contributed by atoms with Gasteiger partial charge in [-0.2, -0.15) is 0 Å². The van der Waals surface area contributed by atoms with E-state index < -0.39 is 0 Å². The van der Waals surface area contributed by atoms with Crippen LogP contribution in [0.5, 0.6) is 0 Å². The lowest BCUT2D eigenvalue weighted by atomic mass is 9.95. The molecule has 1 aromatic rings. The summed E-state index contributed by atoms with van der Waals surface area (Å²) in [6.07, 6.45) is 1.00. The van der Waals surface area contributed by atoms with Crippen molar-refractivity contribution in [2.75, 3.05) is 27.2 Å². The summed E-state index contributed by atoms with van der Waals surface area (Å²) in [6.45, 7) is 9.78. The second-order valence-electron chi connectivity index (χ2n) is 6.78. The van der Waals surface area contributed by atoms with Crippen LogP contribution in [0.25, 0.3) is 0 Å². The standard InChI is InChI=1S/C15H27N5O/c1-15(2,3)13-18-11-10-16-7-6-12(11)20(13)9-8-17-14(21)19(4)5/h16H,6-10H2,1-5H3,(H,17,21). The van der Waals surface area contributed by atoms with Crippen LogP contribution in [-0.2, 0) is 24.9 Å². The number of amides is 2. The van der Waals surface area contributed by atoms with Crippen LogP contribution in [0.15, 0.2) is 0 Å². The molecule has 0 aromatic carbocycles. The largest absolute Gasteiger partial charge is 0.336 e. The van der Waals surface area contributed by atoms with Crippen LogP contribution >= 0.6 is 0 Å². The Labute approximate surface area is 126 Å². The summed E-state index contributed by atoms with van der Waals surface area (Å²) in [5.41, 5.74) is 2.48. The lowest BCUT2D eigenvalue weighted by molar-refractivity contribution is 0.217. The van der Waals surface area contributed by atoms with Crippen molar-refractivity contribution in [3.63, 3.8) is 0 Å². The Morgan fingerprint density at radius 3 is 2.76 bits per heavy atom. The van der Waals surface area contributed by atoms with Crippen molar-refractivity contribution in [2.24, 2.45) is 0 Å². The highest BCUT2D eigenvalue weighted by atomic mass is 16.2. The van der Waals surface area contributed by atoms with Gasteiger partial charge in [-0.05, 0) is 0 Å². The summed E-state index contributed by atoms with van der Waals surface area (Å²) < 4.78 is 2.30. The molecule has 1 aliphatic heterocycles. The first-order chi connectivity index (χ1) is 9.80. The summed E-state index contributed by atoms with van der Waals surface area (Å²) in [6, 6.07) is -0.0528. The van der Waals surface area contributed by atoms with Gasteiger partial charge in [-0.1, -0.05) is 20.8 Å². The zero-order valence-electron chi connectivity index (χ0n) is 13.8. The number of fused-ring (bicyclic) bond motifs is 1. The van der Waals surface area contributed by atoms with E-state index in [1.54, 1.807) is 19.0 Å². The van der Waals surface area contributed by atoms with Crippen LogP contribution in [0.3, 0.4) is 0 Å². The summed E-state index contributed by atoms with van der Waals surface area (Å²) in [4.78, 5) is 18.0. The van der Waals surface area contributed by atoms with E-state index in [9.17, 15) is 4.79 Å². The molecule has 0 fully saturated rings. The number of hydrogen-bond donors (Lipinski definition) is 2. The minimum atomic E-state index is -0.0528. The number of nitrogens with one attached hydrogen (secondary N) is 2. The highest BCUT2D eigenvalue weighted by molar-refractivity contribution is 5.73. The molecule has 0 spiro atoms. The van der Waals surface area contributed by atoms with Gasteiger partial charge in [0.25, 0.3) is 0 Å². The van der Waals surface area contributed by atoms with Gasteiger partial charge in [0.05, 0.1) is 5.69 Å². The Hall–Kier alpha value is -1.56. The van der Waals surface area contributed by atoms with Gasteiger partial charge in [0, 0.05) is 57.8 Å². The first-order valence-electron chi connectivity index (χ1n) is 7.55. The Balaban J connectivity index is 2.17. The molecule has 0 aliphatic carbocycles. The molecule has 0 atom stereocenters. The maximum absolute atomic E-state index is 11.6. The Morgan fingerprint density at radius 1 is 1.43 bits per heavy atom. The molecule has 118 valence electrons. The van der Waals surface area contributed by atoms with E-state index in [4.69, 9.17) is 4.98 Å². The molecule has 2 heterocycles. The lowest BCUT2D eigenvalue weighted by Gasteiger charge is -2.22. The van der Waals surface area contributed by atoms with Gasteiger partial charge in [-0.25, -0.2) is 9.78 Å². The van der Waals surface area contributed by atoms with Crippen molar-refractivity contribution in [3.05, 3.63) is 17.2 Å². The highest BCUT2D eigenvalue weighted by Crippen LogP contribution is 2.26. The fraction of sp³-hybridized carbons (Fsp3) is 0.733. The average Bonchev–Trinajstić information content (AvgIpc) is 2.77. The second kappa shape index (κ2) is 6.05. The number of aromatic nitrogens is 2. The van der Waals surface area contributed by atoms with Crippen LogP contribution in [0.1, 0.15) is 38.0 Å². The van der Waals surface area contributed by atoms with Crippen molar-refractivity contribution in [3.8, 4) is 0 Å². The quantitative estimate of drug-likeness (QED) is 0.877. The molecule has 0 radical (unpaired) electrons. The molecule has 6 nitrogen and oxygen atoms in total. The third kappa shape index (κ3) is 3.56. The van der Waals surface area contributed by atoms with E-state index in [1.807, 2.05) is 0 Å². The smallest absolute Gasteiger partial charge is 0.316 e. The molecule has 1 aliphatic rings. The Morgan fingerprint density at radius 2 is 2.14 bits per heavy atom. The fourth-order valence-corrected chi connectivity index (χ4v) is 2.62. The van der Waals surface area contributed by atoms with Crippen LogP contribution in [-0.4, -0.2) is 47.7 Å². The minimum absolute atomic E-state index is 0.00287. The van der Waals surface area contributed by atoms with Gasteiger partial charge < -0.3 is 20.1 Å². The maximum atomic E-state index is 11.6. The van der Waals surface area contributed by atoms with Gasteiger partial charge in [0.15, 0.2) is 0 Å². The first-order valence-corrected chi connectivity index (χ1v) is 7.55. The zero-order valence-corrected chi connectivity index (χ0v) is 13.8. The maximum Gasteiger partial charge on any atom is 0.316 e. The molecule has 0 unspecified atom stereocenters. The first kappa shape index (κ1) is 15.8. The minimum Gasteiger partial charge on any atom is -0.336 e. The SMILES string of the molecule is CN(C)C(=O)NCCn1c(C(C)(C)C)nc2c1CCNC2. The van der Waals surface area contributed by atoms with Crippen molar-refractivity contribution in [1.29, 1.82) is 0 Å². The average molecular weight is 293 g/mol. The molecular weight excluding hydrogens is 266 g/mol. The summed E-state index contributed by atoms with van der Waals surface area (Å²) in [7, 11) is 3.50. The Bertz CT molecular complexity index is 513. The molecule has 2 amide bonds. The molecule has 1 aromatic heterocycles. The fourth-order valence-electron chi connectivity index (χ4n) is 2.62. The molecule has 21 heavy (non-hydrogen) atoms. The number of imidazole rings is 1. The Kier molecular flexibility index (Phi) is 4.56. The highest BCUT2D eigenvalue weighted by Gasteiger charge is 2.26. The zero-order chi connectivity index (χ0) is 15.6. The van der Waals surface area contributed by atoms with Crippen molar-refractivity contribution in [2.45, 2.75) is 45.7 Å². The predicted molar refractivity (Wildman–Crippen MR) is 83.4 cm³/mol. The monoisotopic (exact) mass is 293 g/mol. The van der Waals surface area contributed by atoms with Gasteiger partial charge in [0.1, 0.15) is 5.82 Å². The van der Waals surface area contributed by atoms with Crippen LogP contribution in [0.4, 0.5) is 4.79 Å². The van der Waals surface area contributed by atoms with E-state index in [0.29, 0.717) is 6.54 Å². The number of rotatable bonds is 3. The number of carbonyl (C=O) groups is 1. The van der Waals surface area contributed by atoms with E-state index in [1.165, 1.54) is 5.69 Å². The molecule has 0 saturated carbocycles. The molecule has 2 N–H and O–H groups in total. The van der Waals surface area contributed by atoms with Crippen LogP contribution in [0.2, 0.25) is 0 Å².